The maximum absolute atomic E-state index is 5.54. The number of pyridine rings is 2. The molecule has 3 heterocycles. The summed E-state index contributed by atoms with van der Waals surface area (Å²) < 4.78 is 4.21. The van der Waals surface area contributed by atoms with Crippen molar-refractivity contribution in [1.82, 2.24) is 19.1 Å². The normalized spacial score (nSPS) is 10.7. The van der Waals surface area contributed by atoms with E-state index >= 15 is 0 Å². The van der Waals surface area contributed by atoms with Crippen LogP contribution in [0.2, 0.25) is 0 Å². The van der Waals surface area contributed by atoms with Crippen LogP contribution < -0.4 is 0 Å². The molecule has 0 saturated heterocycles. The van der Waals surface area contributed by atoms with Crippen LogP contribution in [0.3, 0.4) is 0 Å². The van der Waals surface area contributed by atoms with Crippen LogP contribution in [0.4, 0.5) is 0 Å². The summed E-state index contributed by atoms with van der Waals surface area (Å²) in [5.41, 5.74) is 1.70. The van der Waals surface area contributed by atoms with Gasteiger partial charge in [0.2, 0.25) is 0 Å². The Bertz CT molecular complexity index is 728. The summed E-state index contributed by atoms with van der Waals surface area (Å²) in [6.45, 7) is 0. The van der Waals surface area contributed by atoms with Gasteiger partial charge in [0.05, 0.1) is 23.8 Å². The van der Waals surface area contributed by atoms with Crippen molar-refractivity contribution in [2.75, 3.05) is 0 Å². The quantitative estimate of drug-likeness (QED) is 0.562. The van der Waals surface area contributed by atoms with E-state index in [1.165, 1.54) is 0 Å². The van der Waals surface area contributed by atoms with E-state index in [0.717, 1.165) is 11.4 Å². The fourth-order valence-electron chi connectivity index (χ4n) is 1.92. The van der Waals surface area contributed by atoms with Gasteiger partial charge in [-0.1, -0.05) is 0 Å². The highest BCUT2D eigenvalue weighted by Gasteiger charge is 2.15. The smallest absolute Gasteiger partial charge is 0.191 e. The predicted octanol–water partition coefficient (Wildman–Crippen LogP) is 3.36. The summed E-state index contributed by atoms with van der Waals surface area (Å²) in [7, 11) is 0. The average molecular weight is 318 g/mol. The zero-order valence-electron chi connectivity index (χ0n) is 10.2. The number of nitrogens with zero attached hydrogens (tertiary/aromatic N) is 4. The molecule has 0 aliphatic rings. The molecule has 100 valence electrons. The minimum atomic E-state index is 0.570. The van der Waals surface area contributed by atoms with Crippen molar-refractivity contribution in [3.8, 4) is 11.4 Å². The van der Waals surface area contributed by atoms with E-state index in [-0.39, 0.29) is 0 Å². The van der Waals surface area contributed by atoms with Gasteiger partial charge in [-0.05, 0) is 36.5 Å². The molecule has 0 unspecified atom stereocenters. The molecule has 0 aromatic carbocycles. The molecular formula is C13H10N4S3. The van der Waals surface area contributed by atoms with Gasteiger partial charge in [-0.3, -0.25) is 19.1 Å². The fraction of sp³-hybridized carbons (Fsp3) is 0. The van der Waals surface area contributed by atoms with Crippen LogP contribution in [0.1, 0.15) is 0 Å². The van der Waals surface area contributed by atoms with Crippen LogP contribution in [0.5, 0.6) is 0 Å². The van der Waals surface area contributed by atoms with Crippen molar-refractivity contribution < 1.29 is 0 Å². The summed E-state index contributed by atoms with van der Waals surface area (Å²) >= 11 is 14.6. The van der Waals surface area contributed by atoms with E-state index < -0.39 is 0 Å². The molecule has 3 aromatic heterocycles. The van der Waals surface area contributed by atoms with Crippen molar-refractivity contribution in [2.45, 2.75) is 10.1 Å². The third-order valence-corrected chi connectivity index (χ3v) is 4.18. The van der Waals surface area contributed by atoms with Gasteiger partial charge in [0.1, 0.15) is 10.1 Å². The average Bonchev–Trinajstić information content (AvgIpc) is 2.71. The Hall–Kier alpha value is -1.57. The summed E-state index contributed by atoms with van der Waals surface area (Å²) in [4.78, 5) is 8.21. The first-order chi connectivity index (χ1) is 9.70. The van der Waals surface area contributed by atoms with E-state index in [2.05, 4.69) is 35.2 Å². The van der Waals surface area contributed by atoms with Crippen molar-refractivity contribution in [2.24, 2.45) is 0 Å². The standard InChI is InChI=1S/C13H10N4S3/c18-11-12(19)17(10-4-2-6-15-8-10)13(20)16(11)9-3-1-5-14-7-9/h1-8,18-19H. The SMILES string of the molecule is S=c1n(-c2cccnc2)c(S)c(S)n1-c1cccnc1. The first-order valence-corrected chi connectivity index (χ1v) is 7.07. The molecule has 20 heavy (non-hydrogen) atoms. The van der Waals surface area contributed by atoms with Crippen LogP contribution in [-0.2, 0) is 0 Å². The topological polar surface area (TPSA) is 35.6 Å². The van der Waals surface area contributed by atoms with Gasteiger partial charge in [-0.25, -0.2) is 0 Å². The predicted molar refractivity (Wildman–Crippen MR) is 86.0 cm³/mol. The lowest BCUT2D eigenvalue weighted by Crippen LogP contribution is -1.99. The Morgan fingerprint density at radius 1 is 0.850 bits per heavy atom. The molecular weight excluding hydrogens is 308 g/mol. The number of thiol groups is 2. The molecule has 0 amide bonds. The maximum Gasteiger partial charge on any atom is 0.191 e. The van der Waals surface area contributed by atoms with E-state index in [0.29, 0.717) is 14.8 Å². The molecule has 3 rings (SSSR count). The molecule has 0 atom stereocenters. The van der Waals surface area contributed by atoms with Gasteiger partial charge in [0.25, 0.3) is 0 Å². The monoisotopic (exact) mass is 318 g/mol. The van der Waals surface area contributed by atoms with Crippen LogP contribution >= 0.6 is 37.5 Å². The first-order valence-electron chi connectivity index (χ1n) is 5.76. The molecule has 0 saturated carbocycles. The molecule has 0 N–H and O–H groups in total. The molecule has 0 aliphatic carbocycles. The van der Waals surface area contributed by atoms with Crippen molar-refractivity contribution in [1.29, 1.82) is 0 Å². The lowest BCUT2D eigenvalue weighted by atomic mass is 10.4. The second kappa shape index (κ2) is 5.43. The van der Waals surface area contributed by atoms with Gasteiger partial charge in [0.15, 0.2) is 4.77 Å². The number of rotatable bonds is 2. The molecule has 0 bridgehead atoms. The zero-order valence-corrected chi connectivity index (χ0v) is 12.8. The third kappa shape index (κ3) is 2.17. The van der Waals surface area contributed by atoms with E-state index in [1.54, 1.807) is 24.8 Å². The van der Waals surface area contributed by atoms with Crippen LogP contribution in [0, 0.1) is 4.77 Å². The molecule has 7 heteroatoms. The molecule has 0 radical (unpaired) electrons. The maximum atomic E-state index is 5.54. The minimum Gasteiger partial charge on any atom is -0.277 e. The second-order valence-electron chi connectivity index (χ2n) is 4.02. The van der Waals surface area contributed by atoms with Gasteiger partial charge in [0, 0.05) is 12.4 Å². The minimum absolute atomic E-state index is 0.570. The number of imidazole rings is 1. The summed E-state index contributed by atoms with van der Waals surface area (Å²) in [6.07, 6.45) is 6.89. The number of hydrogen-bond acceptors (Lipinski definition) is 5. The Balaban J connectivity index is 2.29. The van der Waals surface area contributed by atoms with Crippen molar-refractivity contribution >= 4 is 37.5 Å². The lowest BCUT2D eigenvalue weighted by molar-refractivity contribution is 0.903. The Morgan fingerprint density at radius 3 is 1.65 bits per heavy atom. The largest absolute Gasteiger partial charge is 0.277 e. The van der Waals surface area contributed by atoms with Crippen molar-refractivity contribution in [3.63, 3.8) is 0 Å². The number of aromatic nitrogens is 4. The summed E-state index contributed by atoms with van der Waals surface area (Å²) in [5, 5.41) is 1.32. The number of hydrogen-bond donors (Lipinski definition) is 2. The highest BCUT2D eigenvalue weighted by atomic mass is 32.1. The highest BCUT2D eigenvalue weighted by molar-refractivity contribution is 7.83. The molecule has 0 spiro atoms. The first kappa shape index (κ1) is 13.4. The fourth-order valence-corrected chi connectivity index (χ4v) is 3.07. The zero-order chi connectivity index (χ0) is 14.1. The van der Waals surface area contributed by atoms with Crippen molar-refractivity contribution in [3.05, 3.63) is 53.8 Å². The van der Waals surface area contributed by atoms with Crippen LogP contribution in [0.15, 0.2) is 59.1 Å². The van der Waals surface area contributed by atoms with Gasteiger partial charge < -0.3 is 0 Å². The van der Waals surface area contributed by atoms with Gasteiger partial charge in [-0.15, -0.1) is 25.3 Å². The second-order valence-corrected chi connectivity index (χ2v) is 5.24. The molecule has 4 nitrogen and oxygen atoms in total. The third-order valence-electron chi connectivity index (χ3n) is 2.81. The summed E-state index contributed by atoms with van der Waals surface area (Å²) in [5.74, 6) is 0. The van der Waals surface area contributed by atoms with Gasteiger partial charge in [-0.2, -0.15) is 0 Å². The molecule has 0 aliphatic heterocycles. The van der Waals surface area contributed by atoms with E-state index in [1.807, 2.05) is 33.4 Å². The Morgan fingerprint density at radius 2 is 1.30 bits per heavy atom. The van der Waals surface area contributed by atoms with E-state index in [9.17, 15) is 0 Å². The summed E-state index contributed by atoms with van der Waals surface area (Å²) in [6, 6.07) is 7.54. The van der Waals surface area contributed by atoms with Crippen LogP contribution in [0.25, 0.3) is 11.4 Å². The van der Waals surface area contributed by atoms with E-state index in [4.69, 9.17) is 12.2 Å². The lowest BCUT2D eigenvalue weighted by Gasteiger charge is -2.04. The van der Waals surface area contributed by atoms with Crippen LogP contribution in [-0.4, -0.2) is 19.1 Å². The van der Waals surface area contributed by atoms with Gasteiger partial charge >= 0.3 is 0 Å². The highest BCUT2D eigenvalue weighted by Crippen LogP contribution is 2.27. The molecule has 0 fully saturated rings. The Kier molecular flexibility index (Phi) is 3.64. The molecule has 3 aromatic rings. The Labute approximate surface area is 132 Å².